The number of aromatic nitrogens is 3. The van der Waals surface area contributed by atoms with Gasteiger partial charge >= 0.3 is 0 Å². The van der Waals surface area contributed by atoms with Gasteiger partial charge in [-0.1, -0.05) is 11.6 Å². The Balaban J connectivity index is 1.28. The number of amides is 1. The van der Waals surface area contributed by atoms with Crippen LogP contribution in [0, 0.1) is 0 Å². The number of rotatable bonds is 7. The number of carbonyl (C=O) groups is 1. The van der Waals surface area contributed by atoms with Gasteiger partial charge in [0.2, 0.25) is 5.91 Å². The molecule has 0 unspecified atom stereocenters. The average Bonchev–Trinajstić information content (AvgIpc) is 3.50. The summed E-state index contributed by atoms with van der Waals surface area (Å²) in [5.74, 6) is 0.663. The Hall–Kier alpha value is -2.92. The normalized spacial score (nSPS) is 23.8. The molecule has 2 aliphatic rings. The Kier molecular flexibility index (Phi) is 6.30. The molecule has 1 amide bonds. The molecule has 2 N–H and O–H groups in total. The number of halogens is 1. The van der Waals surface area contributed by atoms with Gasteiger partial charge < -0.3 is 33.9 Å². The Morgan fingerprint density at radius 1 is 1.21 bits per heavy atom. The lowest BCUT2D eigenvalue weighted by Gasteiger charge is -2.15. The third-order valence-electron chi connectivity index (χ3n) is 5.86. The lowest BCUT2D eigenvalue weighted by atomic mass is 10.1. The van der Waals surface area contributed by atoms with Crippen LogP contribution in [0.15, 0.2) is 30.3 Å². The second-order valence-corrected chi connectivity index (χ2v) is 8.87. The number of nitrogens with zero attached hydrogens (tertiary/aromatic N) is 3. The molecule has 3 aromatic rings. The number of hydrogen-bond acceptors (Lipinski definition) is 8. The maximum atomic E-state index is 11.7. The first-order chi connectivity index (χ1) is 16.4. The second kappa shape index (κ2) is 9.38. The number of H-pyrrole nitrogens is 1. The number of carbonyl (C=O) groups excluding carboxylic acids is 1. The van der Waals surface area contributed by atoms with Gasteiger partial charge in [-0.15, -0.1) is 0 Å². The monoisotopic (exact) mass is 488 g/mol. The number of ether oxygens (including phenoxy) is 4. The zero-order valence-electron chi connectivity index (χ0n) is 18.7. The van der Waals surface area contributed by atoms with E-state index < -0.39 is 6.10 Å². The molecule has 2 saturated heterocycles. The van der Waals surface area contributed by atoms with Crippen molar-refractivity contribution in [3.05, 3.63) is 35.4 Å². The second-order valence-electron chi connectivity index (χ2n) is 8.46. The van der Waals surface area contributed by atoms with Crippen LogP contribution in [-0.2, 0) is 14.3 Å². The third-order valence-corrected chi connectivity index (χ3v) is 6.15. The van der Waals surface area contributed by atoms with Crippen LogP contribution >= 0.6 is 11.6 Å². The number of aliphatic hydroxyl groups is 1. The highest BCUT2D eigenvalue weighted by molar-refractivity contribution is 6.33. The summed E-state index contributed by atoms with van der Waals surface area (Å²) in [5, 5.41) is 10.3. The van der Waals surface area contributed by atoms with E-state index in [1.807, 2.05) is 24.3 Å². The molecule has 180 valence electrons. The molecule has 0 radical (unpaired) electrons. The highest BCUT2D eigenvalue weighted by atomic mass is 35.5. The maximum absolute atomic E-state index is 11.7. The highest BCUT2D eigenvalue weighted by Crippen LogP contribution is 2.32. The minimum absolute atomic E-state index is 0.0110. The summed E-state index contributed by atoms with van der Waals surface area (Å²) in [6, 6.07) is 9.36. The highest BCUT2D eigenvalue weighted by Gasteiger charge is 2.48. The minimum Gasteiger partial charge on any atom is -0.493 e. The number of imidazole rings is 1. The fourth-order valence-corrected chi connectivity index (χ4v) is 4.29. The Morgan fingerprint density at radius 3 is 2.74 bits per heavy atom. The van der Waals surface area contributed by atoms with Crippen LogP contribution in [0.25, 0.3) is 22.4 Å². The first-order valence-electron chi connectivity index (χ1n) is 11.0. The van der Waals surface area contributed by atoms with Crippen molar-refractivity contribution in [2.75, 3.05) is 33.9 Å². The van der Waals surface area contributed by atoms with E-state index in [4.69, 9.17) is 30.5 Å². The number of aliphatic hydroxyl groups excluding tert-OH is 1. The number of pyridine rings is 1. The van der Waals surface area contributed by atoms with Gasteiger partial charge in [-0.25, -0.2) is 4.98 Å². The zero-order chi connectivity index (χ0) is 23.8. The van der Waals surface area contributed by atoms with E-state index in [0.717, 1.165) is 5.56 Å². The van der Waals surface area contributed by atoms with Crippen LogP contribution in [-0.4, -0.2) is 89.2 Å². The quantitative estimate of drug-likeness (QED) is 0.518. The number of benzene rings is 1. The van der Waals surface area contributed by atoms with Crippen LogP contribution in [0.4, 0.5) is 0 Å². The lowest BCUT2D eigenvalue weighted by Crippen LogP contribution is -2.34. The number of fused-ring (bicyclic) bond motifs is 2. The number of nitrogens with one attached hydrogen (secondary N) is 1. The van der Waals surface area contributed by atoms with Crippen LogP contribution < -0.4 is 9.47 Å². The van der Waals surface area contributed by atoms with Gasteiger partial charge in [0, 0.05) is 19.7 Å². The fourth-order valence-electron chi connectivity index (χ4n) is 4.03. The Morgan fingerprint density at radius 2 is 1.97 bits per heavy atom. The van der Waals surface area contributed by atoms with Crippen molar-refractivity contribution in [3.63, 3.8) is 0 Å². The van der Waals surface area contributed by atoms with Crippen molar-refractivity contribution >= 4 is 28.7 Å². The van der Waals surface area contributed by atoms with E-state index in [0.29, 0.717) is 47.3 Å². The number of hydrogen-bond donors (Lipinski definition) is 2. The summed E-state index contributed by atoms with van der Waals surface area (Å²) in [7, 11) is 3.43. The summed E-state index contributed by atoms with van der Waals surface area (Å²) in [5.41, 5.74) is 2.47. The predicted octanol–water partition coefficient (Wildman–Crippen LogP) is 2.04. The van der Waals surface area contributed by atoms with Crippen LogP contribution in [0.3, 0.4) is 0 Å². The summed E-state index contributed by atoms with van der Waals surface area (Å²) < 4.78 is 22.8. The van der Waals surface area contributed by atoms with Gasteiger partial charge in [0.1, 0.15) is 24.1 Å². The van der Waals surface area contributed by atoms with Crippen LogP contribution in [0.2, 0.25) is 5.02 Å². The van der Waals surface area contributed by atoms with Crippen molar-refractivity contribution in [2.24, 2.45) is 0 Å². The van der Waals surface area contributed by atoms with E-state index in [2.05, 4.69) is 15.0 Å². The van der Waals surface area contributed by atoms with E-state index in [9.17, 15) is 9.90 Å². The molecule has 34 heavy (non-hydrogen) atoms. The molecule has 2 aliphatic heterocycles. The SMILES string of the molecule is CN(C)C(=O)CCOc1ccc(-c2nc3nc(O[C@@H]4CO[C@H]5[C@@H]4OC[C@H]5O)[nH]c3cc2Cl)cc1. The van der Waals surface area contributed by atoms with Gasteiger partial charge in [-0.3, -0.25) is 4.79 Å². The average molecular weight is 489 g/mol. The topological polar surface area (TPSA) is 119 Å². The van der Waals surface area contributed by atoms with Crippen LogP contribution in [0.5, 0.6) is 11.8 Å². The van der Waals surface area contributed by atoms with Crippen molar-refractivity contribution < 1.29 is 28.8 Å². The first-order valence-corrected chi connectivity index (χ1v) is 11.3. The summed E-state index contributed by atoms with van der Waals surface area (Å²) in [6.45, 7) is 0.837. The van der Waals surface area contributed by atoms with Gasteiger partial charge in [0.25, 0.3) is 6.01 Å². The smallest absolute Gasteiger partial charge is 0.296 e. The third kappa shape index (κ3) is 4.54. The minimum atomic E-state index is -0.644. The molecule has 11 heteroatoms. The van der Waals surface area contributed by atoms with Crippen LogP contribution in [0.1, 0.15) is 6.42 Å². The standard InChI is InChI=1S/C23H25ClN4O6/c1-28(2)18(30)7-8-31-13-5-3-12(4-6-13)19-14(24)9-15-22(26-19)27-23(25-15)34-17-11-33-20-16(29)10-32-21(17)20/h3-6,9,16-17,20-21,29H,7-8,10-11H2,1-2H3,(H,25,26,27)/t16-,17-,20-,21-/m1/s1. The Bertz CT molecular complexity index is 1180. The largest absolute Gasteiger partial charge is 0.493 e. The molecule has 2 aromatic heterocycles. The fraction of sp³-hybridized carbons (Fsp3) is 0.435. The summed E-state index contributed by atoms with van der Waals surface area (Å²) in [6.07, 6.45) is -1.43. The molecular formula is C23H25ClN4O6. The molecule has 0 bridgehead atoms. The van der Waals surface area contributed by atoms with Crippen molar-refractivity contribution in [3.8, 4) is 23.0 Å². The predicted molar refractivity (Wildman–Crippen MR) is 123 cm³/mol. The zero-order valence-corrected chi connectivity index (χ0v) is 19.5. The number of aromatic amines is 1. The van der Waals surface area contributed by atoms with E-state index in [1.165, 1.54) is 4.90 Å². The van der Waals surface area contributed by atoms with Gasteiger partial charge in [0.05, 0.1) is 42.5 Å². The van der Waals surface area contributed by atoms with E-state index in [-0.39, 0.29) is 36.8 Å². The van der Waals surface area contributed by atoms with Gasteiger partial charge in [-0.05, 0) is 30.3 Å². The molecule has 4 heterocycles. The molecular weight excluding hydrogens is 464 g/mol. The lowest BCUT2D eigenvalue weighted by molar-refractivity contribution is -0.129. The maximum Gasteiger partial charge on any atom is 0.296 e. The van der Waals surface area contributed by atoms with Gasteiger partial charge in [0.15, 0.2) is 11.8 Å². The van der Waals surface area contributed by atoms with Gasteiger partial charge in [-0.2, -0.15) is 4.98 Å². The molecule has 10 nitrogen and oxygen atoms in total. The molecule has 1 aromatic carbocycles. The molecule has 5 rings (SSSR count). The van der Waals surface area contributed by atoms with E-state index in [1.54, 1.807) is 20.2 Å². The van der Waals surface area contributed by atoms with E-state index >= 15 is 0 Å². The summed E-state index contributed by atoms with van der Waals surface area (Å²) in [4.78, 5) is 25.3. The first kappa shape index (κ1) is 22.9. The van der Waals surface area contributed by atoms with Crippen molar-refractivity contribution in [1.29, 1.82) is 0 Å². The van der Waals surface area contributed by atoms with Crippen molar-refractivity contribution in [1.82, 2.24) is 19.9 Å². The molecule has 0 aliphatic carbocycles. The Labute approximate surface area is 200 Å². The molecule has 4 atom stereocenters. The molecule has 0 spiro atoms. The molecule has 2 fully saturated rings. The van der Waals surface area contributed by atoms with Crippen molar-refractivity contribution in [2.45, 2.75) is 30.8 Å². The molecule has 0 saturated carbocycles. The summed E-state index contributed by atoms with van der Waals surface area (Å²) >= 11 is 6.50.